The molecule has 2 aromatic rings. The number of aryl methyl sites for hydroxylation is 1. The Morgan fingerprint density at radius 2 is 2.19 bits per heavy atom. The predicted molar refractivity (Wildman–Crippen MR) is 99.5 cm³/mol. The van der Waals surface area contributed by atoms with Crippen LogP contribution in [0.3, 0.4) is 0 Å². The number of nitrogens with zero attached hydrogens (tertiary/aromatic N) is 3. The molecule has 2 heterocycles. The lowest BCUT2D eigenvalue weighted by molar-refractivity contribution is -0.124. The van der Waals surface area contributed by atoms with Crippen molar-refractivity contribution in [2.75, 3.05) is 18.4 Å². The quantitative estimate of drug-likeness (QED) is 0.418. The zero-order valence-electron chi connectivity index (χ0n) is 14.7. The topological polar surface area (TPSA) is 90.4 Å². The Bertz CT molecular complexity index is 779. The predicted octanol–water partition coefficient (Wildman–Crippen LogP) is 1.99. The van der Waals surface area contributed by atoms with Gasteiger partial charge in [0.2, 0.25) is 0 Å². The molecule has 0 saturated carbocycles. The van der Waals surface area contributed by atoms with Crippen LogP contribution in [0.15, 0.2) is 42.6 Å². The van der Waals surface area contributed by atoms with E-state index >= 15 is 0 Å². The average Bonchev–Trinajstić information content (AvgIpc) is 3.09. The zero-order valence-corrected chi connectivity index (χ0v) is 14.7. The van der Waals surface area contributed by atoms with Crippen molar-refractivity contribution in [2.24, 2.45) is 0 Å². The number of aromatic nitrogens is 2. The number of carbonyl (C=O) groups excluding carboxylic acids is 1. The number of nitrogens with one attached hydrogen (secondary N) is 2. The van der Waals surface area contributed by atoms with E-state index in [-0.39, 0.29) is 0 Å². The molecule has 3 N–H and O–H groups in total. The monoisotopic (exact) mass is 353 g/mol. The van der Waals surface area contributed by atoms with Crippen LogP contribution in [0.25, 0.3) is 6.08 Å². The van der Waals surface area contributed by atoms with Gasteiger partial charge in [0.25, 0.3) is 5.91 Å². The van der Waals surface area contributed by atoms with Gasteiger partial charge in [-0.05, 0) is 25.0 Å². The Hall–Kier alpha value is -2.77. The van der Waals surface area contributed by atoms with Crippen LogP contribution in [0.1, 0.15) is 23.4 Å². The normalized spacial score (nSPS) is 17.5. The van der Waals surface area contributed by atoms with Crippen LogP contribution in [0.2, 0.25) is 0 Å². The Balaban J connectivity index is 1.56. The molecule has 1 atom stereocenters. The molecule has 1 amide bonds. The largest absolute Gasteiger partial charge is 0.365 e. The van der Waals surface area contributed by atoms with Crippen molar-refractivity contribution in [3.8, 4) is 0 Å². The highest BCUT2D eigenvalue weighted by Crippen LogP contribution is 2.18. The molecule has 0 unspecified atom stereocenters. The molecule has 26 heavy (non-hydrogen) atoms. The lowest BCUT2D eigenvalue weighted by Crippen LogP contribution is -2.26. The van der Waals surface area contributed by atoms with Crippen LogP contribution >= 0.6 is 0 Å². The summed E-state index contributed by atoms with van der Waals surface area (Å²) in [7, 11) is 0. The summed E-state index contributed by atoms with van der Waals surface area (Å²) >= 11 is 0. The van der Waals surface area contributed by atoms with Crippen LogP contribution in [0.4, 0.5) is 5.82 Å². The van der Waals surface area contributed by atoms with Gasteiger partial charge < -0.3 is 5.32 Å². The fraction of sp³-hybridized carbons (Fsp3) is 0.316. The van der Waals surface area contributed by atoms with Crippen molar-refractivity contribution in [1.29, 1.82) is 0 Å². The number of benzene rings is 1. The van der Waals surface area contributed by atoms with E-state index < -0.39 is 5.91 Å². The summed E-state index contributed by atoms with van der Waals surface area (Å²) in [6.07, 6.45) is 5.38. The second-order valence-corrected chi connectivity index (χ2v) is 6.39. The number of carbonyl (C=O) groups is 1. The number of hydroxylamine groups is 1. The summed E-state index contributed by atoms with van der Waals surface area (Å²) in [5, 5.41) is 12.0. The standard InChI is InChI=1S/C19H23N5O2/c1-14-19(20-11-16(21-14)7-8-18(25)23-26)22-17-9-10-24(13-17)12-15-5-3-2-4-6-15/h2-8,11,17,26H,9-10,12-13H2,1H3,(H,20,22)(H,23,25)/t17-/m1/s1. The first-order chi connectivity index (χ1) is 12.6. The third-order valence-corrected chi connectivity index (χ3v) is 4.34. The first kappa shape index (κ1) is 18.0. The maximum atomic E-state index is 11.0. The Morgan fingerprint density at radius 3 is 2.92 bits per heavy atom. The lowest BCUT2D eigenvalue weighted by atomic mass is 10.2. The SMILES string of the molecule is Cc1nc(C=CC(=O)NO)cnc1N[C@@H]1CCN(Cc2ccccc2)C1. The number of likely N-dealkylation sites (tertiary alicyclic amines) is 1. The van der Waals surface area contributed by atoms with Gasteiger partial charge >= 0.3 is 0 Å². The zero-order chi connectivity index (χ0) is 18.4. The van der Waals surface area contributed by atoms with Gasteiger partial charge in [0.05, 0.1) is 17.6 Å². The van der Waals surface area contributed by atoms with Crippen molar-refractivity contribution in [3.63, 3.8) is 0 Å². The van der Waals surface area contributed by atoms with Crippen molar-refractivity contribution in [2.45, 2.75) is 25.9 Å². The number of hydrogen-bond donors (Lipinski definition) is 3. The fourth-order valence-electron chi connectivity index (χ4n) is 3.05. The van der Waals surface area contributed by atoms with Crippen molar-refractivity contribution >= 4 is 17.8 Å². The van der Waals surface area contributed by atoms with Gasteiger partial charge in [-0.3, -0.25) is 14.9 Å². The maximum Gasteiger partial charge on any atom is 0.267 e. The minimum absolute atomic E-state index is 0.341. The van der Waals surface area contributed by atoms with Crippen LogP contribution in [-0.2, 0) is 11.3 Å². The summed E-state index contributed by atoms with van der Waals surface area (Å²) in [4.78, 5) is 22.3. The summed E-state index contributed by atoms with van der Waals surface area (Å²) < 4.78 is 0. The van der Waals surface area contributed by atoms with Crippen LogP contribution in [-0.4, -0.2) is 45.1 Å². The highest BCUT2D eigenvalue weighted by atomic mass is 16.5. The second-order valence-electron chi connectivity index (χ2n) is 6.39. The van der Waals surface area contributed by atoms with Gasteiger partial charge in [-0.25, -0.2) is 15.4 Å². The summed E-state index contributed by atoms with van der Waals surface area (Å²) in [5.74, 6) is 0.163. The minimum Gasteiger partial charge on any atom is -0.365 e. The second kappa shape index (κ2) is 8.55. The van der Waals surface area contributed by atoms with E-state index in [1.165, 1.54) is 23.2 Å². The van der Waals surface area contributed by atoms with E-state index in [1.807, 2.05) is 13.0 Å². The van der Waals surface area contributed by atoms with Gasteiger partial charge in [0.1, 0.15) is 5.82 Å². The highest BCUT2D eigenvalue weighted by Gasteiger charge is 2.23. The van der Waals surface area contributed by atoms with E-state index in [0.717, 1.165) is 37.6 Å². The smallest absolute Gasteiger partial charge is 0.267 e. The molecule has 7 nitrogen and oxygen atoms in total. The Morgan fingerprint density at radius 1 is 1.38 bits per heavy atom. The van der Waals surface area contributed by atoms with Crippen LogP contribution < -0.4 is 10.8 Å². The Labute approximate surface area is 152 Å². The van der Waals surface area contributed by atoms with E-state index in [0.29, 0.717) is 11.7 Å². The molecule has 1 fully saturated rings. The number of anilines is 1. The third-order valence-electron chi connectivity index (χ3n) is 4.34. The highest BCUT2D eigenvalue weighted by molar-refractivity contribution is 5.90. The van der Waals surface area contributed by atoms with Gasteiger partial charge in [0.15, 0.2) is 0 Å². The molecule has 0 aliphatic carbocycles. The molecule has 1 aliphatic rings. The van der Waals surface area contributed by atoms with Gasteiger partial charge in [-0.1, -0.05) is 30.3 Å². The molecule has 0 bridgehead atoms. The summed E-state index contributed by atoms with van der Waals surface area (Å²) in [6, 6.07) is 10.8. The van der Waals surface area contributed by atoms with E-state index in [1.54, 1.807) is 6.20 Å². The van der Waals surface area contributed by atoms with E-state index in [2.05, 4.69) is 44.5 Å². The van der Waals surface area contributed by atoms with Crippen molar-refractivity contribution in [3.05, 3.63) is 59.6 Å². The van der Waals surface area contributed by atoms with E-state index in [9.17, 15) is 4.79 Å². The van der Waals surface area contributed by atoms with Gasteiger partial charge in [0, 0.05) is 31.8 Å². The summed E-state index contributed by atoms with van der Waals surface area (Å²) in [5.41, 5.74) is 4.21. The van der Waals surface area contributed by atoms with Crippen molar-refractivity contribution < 1.29 is 10.0 Å². The lowest BCUT2D eigenvalue weighted by Gasteiger charge is -2.17. The molecule has 136 valence electrons. The first-order valence-electron chi connectivity index (χ1n) is 8.62. The molecule has 0 spiro atoms. The minimum atomic E-state index is -0.601. The molecule has 1 aromatic heterocycles. The molecular weight excluding hydrogens is 330 g/mol. The maximum absolute atomic E-state index is 11.0. The number of rotatable bonds is 6. The van der Waals surface area contributed by atoms with Crippen LogP contribution in [0.5, 0.6) is 0 Å². The number of hydrogen-bond acceptors (Lipinski definition) is 6. The van der Waals surface area contributed by atoms with E-state index in [4.69, 9.17) is 5.21 Å². The molecule has 1 aliphatic heterocycles. The molecule has 3 rings (SSSR count). The Kier molecular flexibility index (Phi) is 5.93. The third kappa shape index (κ3) is 4.87. The van der Waals surface area contributed by atoms with Gasteiger partial charge in [-0.2, -0.15) is 0 Å². The van der Waals surface area contributed by atoms with Crippen LogP contribution in [0, 0.1) is 6.92 Å². The van der Waals surface area contributed by atoms with Gasteiger partial charge in [-0.15, -0.1) is 0 Å². The molecule has 1 saturated heterocycles. The average molecular weight is 353 g/mol. The molecule has 7 heteroatoms. The fourth-order valence-corrected chi connectivity index (χ4v) is 3.05. The molecular formula is C19H23N5O2. The van der Waals surface area contributed by atoms with Crippen molar-refractivity contribution in [1.82, 2.24) is 20.3 Å². The summed E-state index contributed by atoms with van der Waals surface area (Å²) in [6.45, 7) is 4.86. The first-order valence-corrected chi connectivity index (χ1v) is 8.62. The molecule has 0 radical (unpaired) electrons. The number of amides is 1. The molecule has 1 aromatic carbocycles.